The molecule has 0 aliphatic carbocycles. The molecule has 3 aromatic carbocycles. The van der Waals surface area contributed by atoms with Gasteiger partial charge in [-0.25, -0.2) is 0 Å². The van der Waals surface area contributed by atoms with Crippen molar-refractivity contribution in [1.29, 1.82) is 0 Å². The smallest absolute Gasteiger partial charge is 0.258 e. The van der Waals surface area contributed by atoms with Crippen molar-refractivity contribution in [2.24, 2.45) is 13.0 Å². The molecular formula is C30H32N2O2. The fourth-order valence-corrected chi connectivity index (χ4v) is 5.29. The molecule has 4 nitrogen and oxygen atoms in total. The Balaban J connectivity index is 1.47. The lowest BCUT2D eigenvalue weighted by Gasteiger charge is -2.33. The minimum absolute atomic E-state index is 0.0475. The highest BCUT2D eigenvalue weighted by Gasteiger charge is 2.23. The summed E-state index contributed by atoms with van der Waals surface area (Å²) in [5.74, 6) is 1.49. The van der Waals surface area contributed by atoms with Gasteiger partial charge in [0.15, 0.2) is 0 Å². The van der Waals surface area contributed by atoms with Crippen LogP contribution in [0.4, 0.5) is 0 Å². The molecule has 0 saturated carbocycles. The minimum Gasteiger partial charge on any atom is -0.497 e. The molecule has 1 fully saturated rings. The highest BCUT2D eigenvalue weighted by molar-refractivity contribution is 5.98. The minimum atomic E-state index is 0.0475. The van der Waals surface area contributed by atoms with Gasteiger partial charge in [-0.2, -0.15) is 0 Å². The molecule has 0 bridgehead atoms. The summed E-state index contributed by atoms with van der Waals surface area (Å²) >= 11 is 0. The van der Waals surface area contributed by atoms with Crippen molar-refractivity contribution in [2.75, 3.05) is 20.2 Å². The van der Waals surface area contributed by atoms with Gasteiger partial charge in [0.1, 0.15) is 5.75 Å². The van der Waals surface area contributed by atoms with Crippen LogP contribution in [0.2, 0.25) is 0 Å². The van der Waals surface area contributed by atoms with Gasteiger partial charge in [-0.05, 0) is 67.6 Å². The zero-order valence-electron chi connectivity index (χ0n) is 20.0. The second-order valence-corrected chi connectivity index (χ2v) is 9.37. The number of hydrogen-bond acceptors (Lipinski definition) is 3. The number of nitrogens with zero attached hydrogens (tertiary/aromatic N) is 2. The van der Waals surface area contributed by atoms with Crippen LogP contribution in [-0.4, -0.2) is 29.7 Å². The first kappa shape index (κ1) is 22.4. The molecular weight excluding hydrogens is 420 g/mol. The summed E-state index contributed by atoms with van der Waals surface area (Å²) in [6, 6.07) is 27.0. The molecule has 0 N–H and O–H groups in total. The predicted octanol–water partition coefficient (Wildman–Crippen LogP) is 5.67. The van der Waals surface area contributed by atoms with E-state index in [4.69, 9.17) is 4.74 Å². The summed E-state index contributed by atoms with van der Waals surface area (Å²) < 4.78 is 7.37. The summed E-state index contributed by atoms with van der Waals surface area (Å²) in [4.78, 5) is 15.8. The Morgan fingerprint density at radius 1 is 0.882 bits per heavy atom. The number of hydrogen-bond donors (Lipinski definition) is 0. The maximum absolute atomic E-state index is 13.3. The third kappa shape index (κ3) is 4.51. The molecule has 1 aromatic heterocycles. The lowest BCUT2D eigenvalue weighted by atomic mass is 9.90. The van der Waals surface area contributed by atoms with Crippen molar-refractivity contribution >= 4 is 10.8 Å². The van der Waals surface area contributed by atoms with Crippen LogP contribution < -0.4 is 10.3 Å². The number of benzene rings is 3. The number of rotatable bonds is 6. The standard InChI is InChI=1S/C30H32N2O2/c1-31-28(21-32-17-15-23(16-18-32)19-22-9-5-3-6-10-22)29(24-11-7-4-8-12-24)27-20-25(34-2)13-14-26(27)30(31)33/h3-14,20,23H,15-19,21H2,1-2H3. The molecule has 0 unspecified atom stereocenters. The first-order valence-electron chi connectivity index (χ1n) is 12.2. The van der Waals surface area contributed by atoms with Gasteiger partial charge in [-0.1, -0.05) is 60.7 Å². The highest BCUT2D eigenvalue weighted by Crippen LogP contribution is 2.34. The van der Waals surface area contributed by atoms with Gasteiger partial charge in [0.25, 0.3) is 5.56 Å². The van der Waals surface area contributed by atoms with Crippen molar-refractivity contribution < 1.29 is 4.74 Å². The van der Waals surface area contributed by atoms with Crippen molar-refractivity contribution in [3.63, 3.8) is 0 Å². The Kier molecular flexibility index (Phi) is 6.50. The van der Waals surface area contributed by atoms with Crippen LogP contribution in [0.1, 0.15) is 24.1 Å². The van der Waals surface area contributed by atoms with Crippen molar-refractivity contribution in [3.8, 4) is 16.9 Å². The van der Waals surface area contributed by atoms with Crippen LogP contribution in [0.3, 0.4) is 0 Å². The number of piperidine rings is 1. The van der Waals surface area contributed by atoms with Crippen LogP contribution in [0.5, 0.6) is 5.75 Å². The molecule has 4 heteroatoms. The Hall–Kier alpha value is -3.37. The predicted molar refractivity (Wildman–Crippen MR) is 139 cm³/mol. The molecule has 0 radical (unpaired) electrons. The molecule has 0 atom stereocenters. The van der Waals surface area contributed by atoms with E-state index in [9.17, 15) is 4.79 Å². The summed E-state index contributed by atoms with van der Waals surface area (Å²) in [6.45, 7) is 2.87. The van der Waals surface area contributed by atoms with E-state index >= 15 is 0 Å². The van der Waals surface area contributed by atoms with E-state index in [1.807, 2.05) is 35.9 Å². The molecule has 1 saturated heterocycles. The van der Waals surface area contributed by atoms with Crippen LogP contribution in [0.25, 0.3) is 21.9 Å². The van der Waals surface area contributed by atoms with Crippen molar-refractivity contribution in [3.05, 3.63) is 100 Å². The normalized spacial score (nSPS) is 15.0. The average Bonchev–Trinajstić information content (AvgIpc) is 2.89. The van der Waals surface area contributed by atoms with E-state index in [0.717, 1.165) is 65.3 Å². The lowest BCUT2D eigenvalue weighted by Crippen LogP contribution is -2.36. The number of likely N-dealkylation sites (tertiary alicyclic amines) is 1. The van der Waals surface area contributed by atoms with Crippen LogP contribution in [-0.2, 0) is 20.0 Å². The zero-order valence-corrected chi connectivity index (χ0v) is 20.0. The third-order valence-electron chi connectivity index (χ3n) is 7.23. The molecule has 4 aromatic rings. The first-order chi connectivity index (χ1) is 16.6. The average molecular weight is 453 g/mol. The second-order valence-electron chi connectivity index (χ2n) is 9.37. The van der Waals surface area contributed by atoms with E-state index in [1.54, 1.807) is 7.11 Å². The van der Waals surface area contributed by atoms with Gasteiger partial charge in [0.2, 0.25) is 0 Å². The van der Waals surface area contributed by atoms with Gasteiger partial charge in [-0.3, -0.25) is 9.69 Å². The Labute approximate surface area is 201 Å². The Bertz CT molecular complexity index is 1320. The molecule has 2 heterocycles. The largest absolute Gasteiger partial charge is 0.497 e. The Morgan fingerprint density at radius 3 is 2.24 bits per heavy atom. The van der Waals surface area contributed by atoms with E-state index in [2.05, 4.69) is 59.5 Å². The topological polar surface area (TPSA) is 34.5 Å². The molecule has 1 aliphatic heterocycles. The van der Waals surface area contributed by atoms with Gasteiger partial charge in [-0.15, -0.1) is 0 Å². The molecule has 5 rings (SSSR count). The molecule has 34 heavy (non-hydrogen) atoms. The summed E-state index contributed by atoms with van der Waals surface area (Å²) in [5, 5.41) is 1.69. The maximum Gasteiger partial charge on any atom is 0.258 e. The number of pyridine rings is 1. The number of aromatic nitrogens is 1. The van der Waals surface area contributed by atoms with E-state index in [-0.39, 0.29) is 5.56 Å². The summed E-state index contributed by atoms with van der Waals surface area (Å²) in [7, 11) is 3.58. The zero-order chi connectivity index (χ0) is 23.5. The monoisotopic (exact) mass is 452 g/mol. The highest BCUT2D eigenvalue weighted by atomic mass is 16.5. The van der Waals surface area contributed by atoms with Gasteiger partial charge < -0.3 is 9.30 Å². The lowest BCUT2D eigenvalue weighted by molar-refractivity contribution is 0.174. The van der Waals surface area contributed by atoms with Crippen LogP contribution in [0.15, 0.2) is 83.7 Å². The summed E-state index contributed by atoms with van der Waals surface area (Å²) in [6.07, 6.45) is 3.52. The second kappa shape index (κ2) is 9.86. The summed E-state index contributed by atoms with van der Waals surface area (Å²) in [5.41, 5.74) is 4.80. The van der Waals surface area contributed by atoms with Gasteiger partial charge >= 0.3 is 0 Å². The van der Waals surface area contributed by atoms with E-state index < -0.39 is 0 Å². The third-order valence-corrected chi connectivity index (χ3v) is 7.23. The number of ether oxygens (including phenoxy) is 1. The van der Waals surface area contributed by atoms with Crippen molar-refractivity contribution in [2.45, 2.75) is 25.8 Å². The fourth-order valence-electron chi connectivity index (χ4n) is 5.29. The molecule has 0 amide bonds. The van der Waals surface area contributed by atoms with Gasteiger partial charge in [0, 0.05) is 35.6 Å². The van der Waals surface area contributed by atoms with Crippen molar-refractivity contribution in [1.82, 2.24) is 9.47 Å². The SMILES string of the molecule is COc1ccc2c(=O)n(C)c(CN3CCC(Cc4ccccc4)CC3)c(-c3ccccc3)c2c1. The first-order valence-corrected chi connectivity index (χ1v) is 12.2. The molecule has 1 aliphatic rings. The Morgan fingerprint density at radius 2 is 1.56 bits per heavy atom. The molecule has 0 spiro atoms. The van der Waals surface area contributed by atoms with E-state index in [1.165, 1.54) is 18.4 Å². The van der Waals surface area contributed by atoms with E-state index in [0.29, 0.717) is 0 Å². The number of methoxy groups -OCH3 is 1. The maximum atomic E-state index is 13.3. The molecule has 174 valence electrons. The quantitative estimate of drug-likeness (QED) is 0.378. The fraction of sp³-hybridized carbons (Fsp3) is 0.300. The van der Waals surface area contributed by atoms with Crippen LogP contribution >= 0.6 is 0 Å². The van der Waals surface area contributed by atoms with Crippen LogP contribution in [0, 0.1) is 5.92 Å². The van der Waals surface area contributed by atoms with Gasteiger partial charge in [0.05, 0.1) is 7.11 Å². The number of fused-ring (bicyclic) bond motifs is 1.